The summed E-state index contributed by atoms with van der Waals surface area (Å²) in [5.74, 6) is 1.65. The smallest absolute Gasteiger partial charge is 0.257 e. The van der Waals surface area contributed by atoms with E-state index in [4.69, 9.17) is 9.26 Å². The van der Waals surface area contributed by atoms with Crippen LogP contribution >= 0.6 is 0 Å². The fourth-order valence-electron chi connectivity index (χ4n) is 3.07. The number of aromatic nitrogens is 2. The van der Waals surface area contributed by atoms with Gasteiger partial charge >= 0.3 is 0 Å². The Kier molecular flexibility index (Phi) is 3.01. The lowest BCUT2D eigenvalue weighted by atomic mass is 10.0. The van der Waals surface area contributed by atoms with Gasteiger partial charge in [-0.15, -0.1) is 0 Å². The largest absolute Gasteiger partial charge is 0.366 e. The van der Waals surface area contributed by atoms with Gasteiger partial charge in [-0.3, -0.25) is 0 Å². The number of hydrogen-bond acceptors (Lipinski definition) is 5. The monoisotopic (exact) mass is 271 g/mol. The van der Waals surface area contributed by atoms with E-state index in [1.807, 2.05) is 0 Å². The van der Waals surface area contributed by atoms with E-state index in [0.717, 1.165) is 31.8 Å². The maximum Gasteiger partial charge on any atom is 0.257 e. The zero-order chi connectivity index (χ0) is 13.4. The van der Waals surface area contributed by atoms with Crippen LogP contribution < -0.4 is 5.32 Å². The van der Waals surface area contributed by atoms with Gasteiger partial charge in [-0.2, -0.15) is 4.98 Å². The van der Waals surface area contributed by atoms with Crippen molar-refractivity contribution >= 4 is 0 Å². The first-order chi connectivity index (χ1) is 9.92. The predicted octanol–water partition coefficient (Wildman–Crippen LogP) is 1.81. The quantitative estimate of drug-likeness (QED) is 0.902. The van der Waals surface area contributed by atoms with Gasteiger partial charge in [-0.25, -0.2) is 0 Å². The van der Waals surface area contributed by atoms with Gasteiger partial charge in [0.15, 0.2) is 5.82 Å². The van der Waals surface area contributed by atoms with Gasteiger partial charge in [0.2, 0.25) is 0 Å². The van der Waals surface area contributed by atoms with Crippen LogP contribution in [0.4, 0.5) is 0 Å². The van der Waals surface area contributed by atoms with Crippen LogP contribution in [0.3, 0.4) is 0 Å². The summed E-state index contributed by atoms with van der Waals surface area (Å²) in [5.41, 5.74) is 2.74. The predicted molar refractivity (Wildman–Crippen MR) is 72.5 cm³/mol. The first-order valence-corrected chi connectivity index (χ1v) is 7.15. The lowest BCUT2D eigenvalue weighted by Crippen LogP contribution is -2.33. The summed E-state index contributed by atoms with van der Waals surface area (Å²) in [4.78, 5) is 4.57. The van der Waals surface area contributed by atoms with Crippen LogP contribution in [0.1, 0.15) is 41.3 Å². The molecule has 5 heteroatoms. The Hall–Kier alpha value is -1.72. The molecule has 0 bridgehead atoms. The SMILES string of the molecule is c1ccc2c(c1)CCC2c1noc(C2CNCCO2)n1. The highest BCUT2D eigenvalue weighted by molar-refractivity contribution is 5.38. The molecule has 2 aliphatic rings. The van der Waals surface area contributed by atoms with Crippen molar-refractivity contribution in [2.24, 2.45) is 0 Å². The highest BCUT2D eigenvalue weighted by atomic mass is 16.5. The number of ether oxygens (including phenoxy) is 1. The van der Waals surface area contributed by atoms with Crippen LogP contribution in [0.5, 0.6) is 0 Å². The van der Waals surface area contributed by atoms with Gasteiger partial charge in [-0.1, -0.05) is 29.4 Å². The number of morpholine rings is 1. The summed E-state index contributed by atoms with van der Waals surface area (Å²) >= 11 is 0. The molecule has 2 heterocycles. The molecule has 1 saturated heterocycles. The normalized spacial score (nSPS) is 25.6. The Morgan fingerprint density at radius 1 is 1.25 bits per heavy atom. The standard InChI is InChI=1S/C15H17N3O2/c1-2-4-11-10(3-1)5-6-12(11)14-17-15(20-18-14)13-9-16-7-8-19-13/h1-4,12-13,16H,5-9H2. The van der Waals surface area contributed by atoms with E-state index in [9.17, 15) is 0 Å². The number of fused-ring (bicyclic) bond motifs is 1. The lowest BCUT2D eigenvalue weighted by Gasteiger charge is -2.19. The highest BCUT2D eigenvalue weighted by Crippen LogP contribution is 2.36. The van der Waals surface area contributed by atoms with Crippen molar-refractivity contribution in [3.8, 4) is 0 Å². The zero-order valence-electron chi connectivity index (χ0n) is 11.2. The molecule has 0 saturated carbocycles. The third-order valence-electron chi connectivity index (χ3n) is 4.11. The number of rotatable bonds is 2. The van der Waals surface area contributed by atoms with E-state index in [1.165, 1.54) is 11.1 Å². The molecular weight excluding hydrogens is 254 g/mol. The summed E-state index contributed by atoms with van der Waals surface area (Å²) < 4.78 is 11.1. The van der Waals surface area contributed by atoms with Gasteiger partial charge < -0.3 is 14.6 Å². The van der Waals surface area contributed by atoms with Crippen molar-refractivity contribution in [3.05, 3.63) is 47.1 Å². The van der Waals surface area contributed by atoms with E-state index < -0.39 is 0 Å². The third kappa shape index (κ3) is 2.03. The van der Waals surface area contributed by atoms with Crippen molar-refractivity contribution in [2.75, 3.05) is 19.7 Å². The molecule has 104 valence electrons. The summed E-state index contributed by atoms with van der Waals surface area (Å²) in [7, 11) is 0. The molecule has 0 radical (unpaired) electrons. The molecule has 4 rings (SSSR count). The average molecular weight is 271 g/mol. The highest BCUT2D eigenvalue weighted by Gasteiger charge is 2.29. The minimum absolute atomic E-state index is 0.110. The lowest BCUT2D eigenvalue weighted by molar-refractivity contribution is 0.00755. The van der Waals surface area contributed by atoms with E-state index in [2.05, 4.69) is 39.7 Å². The minimum Gasteiger partial charge on any atom is -0.366 e. The summed E-state index contributed by atoms with van der Waals surface area (Å²) in [6.07, 6.45) is 2.04. The average Bonchev–Trinajstić information content (AvgIpc) is 3.14. The van der Waals surface area contributed by atoms with Crippen LogP contribution in [-0.4, -0.2) is 29.8 Å². The van der Waals surface area contributed by atoms with Crippen LogP contribution in [-0.2, 0) is 11.2 Å². The summed E-state index contributed by atoms with van der Waals surface area (Å²) in [6.45, 7) is 2.31. The topological polar surface area (TPSA) is 60.2 Å². The van der Waals surface area contributed by atoms with Gasteiger partial charge in [0.05, 0.1) is 6.61 Å². The Bertz CT molecular complexity index is 605. The molecule has 20 heavy (non-hydrogen) atoms. The molecule has 1 aromatic heterocycles. The number of benzene rings is 1. The maximum absolute atomic E-state index is 5.65. The molecule has 1 N–H and O–H groups in total. The van der Waals surface area contributed by atoms with Crippen LogP contribution in [0.2, 0.25) is 0 Å². The number of nitrogens with zero attached hydrogens (tertiary/aromatic N) is 2. The summed E-state index contributed by atoms with van der Waals surface area (Å²) in [5, 5.41) is 7.45. The maximum atomic E-state index is 5.65. The number of aryl methyl sites for hydroxylation is 1. The van der Waals surface area contributed by atoms with E-state index in [-0.39, 0.29) is 12.0 Å². The molecular formula is C15H17N3O2. The van der Waals surface area contributed by atoms with Gasteiger partial charge in [-0.05, 0) is 24.0 Å². The van der Waals surface area contributed by atoms with Gasteiger partial charge in [0, 0.05) is 19.0 Å². The van der Waals surface area contributed by atoms with E-state index in [0.29, 0.717) is 12.5 Å². The van der Waals surface area contributed by atoms with Crippen molar-refractivity contribution in [1.82, 2.24) is 15.5 Å². The molecule has 5 nitrogen and oxygen atoms in total. The van der Waals surface area contributed by atoms with Gasteiger partial charge in [0.1, 0.15) is 6.10 Å². The molecule has 1 aliphatic carbocycles. The van der Waals surface area contributed by atoms with Crippen LogP contribution in [0.15, 0.2) is 28.8 Å². The van der Waals surface area contributed by atoms with Crippen molar-refractivity contribution < 1.29 is 9.26 Å². The van der Waals surface area contributed by atoms with E-state index >= 15 is 0 Å². The minimum atomic E-state index is -0.110. The zero-order valence-corrected chi connectivity index (χ0v) is 11.2. The van der Waals surface area contributed by atoms with Crippen molar-refractivity contribution in [2.45, 2.75) is 24.9 Å². The number of hydrogen-bond donors (Lipinski definition) is 1. The Morgan fingerprint density at radius 3 is 3.10 bits per heavy atom. The van der Waals surface area contributed by atoms with E-state index in [1.54, 1.807) is 0 Å². The van der Waals surface area contributed by atoms with Gasteiger partial charge in [0.25, 0.3) is 5.89 Å². The fourth-order valence-corrected chi connectivity index (χ4v) is 3.07. The second-order valence-corrected chi connectivity index (χ2v) is 5.34. The Morgan fingerprint density at radius 2 is 2.20 bits per heavy atom. The molecule has 1 aliphatic heterocycles. The van der Waals surface area contributed by atoms with Crippen molar-refractivity contribution in [3.63, 3.8) is 0 Å². The van der Waals surface area contributed by atoms with Crippen LogP contribution in [0.25, 0.3) is 0 Å². The Labute approximate surface area is 117 Å². The molecule has 1 fully saturated rings. The molecule has 0 amide bonds. The molecule has 2 unspecified atom stereocenters. The first-order valence-electron chi connectivity index (χ1n) is 7.15. The molecule has 2 aromatic rings. The van der Waals surface area contributed by atoms with Crippen LogP contribution in [0, 0.1) is 0 Å². The van der Waals surface area contributed by atoms with Crippen molar-refractivity contribution in [1.29, 1.82) is 0 Å². The first kappa shape index (κ1) is 12.1. The molecule has 2 atom stereocenters. The second-order valence-electron chi connectivity index (χ2n) is 5.34. The Balaban J connectivity index is 1.59. The second kappa shape index (κ2) is 5.00. The summed E-state index contributed by atoms with van der Waals surface area (Å²) in [6, 6.07) is 8.52. The molecule has 1 aromatic carbocycles. The number of nitrogens with one attached hydrogen (secondary N) is 1. The molecule has 0 spiro atoms. The third-order valence-corrected chi connectivity index (χ3v) is 4.11. The fraction of sp³-hybridized carbons (Fsp3) is 0.467.